The minimum absolute atomic E-state index is 0.290. The maximum Gasteiger partial charge on any atom is 0.303 e. The second-order valence-corrected chi connectivity index (χ2v) is 9.01. The first-order valence-corrected chi connectivity index (χ1v) is 8.83. The van der Waals surface area contributed by atoms with Crippen LogP contribution in [0.4, 0.5) is 0 Å². The smallest absolute Gasteiger partial charge is 0.303 e. The fraction of sp³-hybridized carbons (Fsp3) is 0.529. The Labute approximate surface area is 160 Å². The molecule has 1 rings (SSSR count). The molecule has 0 saturated heterocycles. The van der Waals surface area contributed by atoms with Crippen LogP contribution in [0.3, 0.4) is 0 Å². The van der Waals surface area contributed by atoms with E-state index in [4.69, 9.17) is 32.7 Å². The summed E-state index contributed by atoms with van der Waals surface area (Å²) in [6.07, 6.45) is 0. The molecular formula is C17H21BrCl2O4. The Kier molecular flexibility index (Phi) is 6.40. The van der Waals surface area contributed by atoms with E-state index in [9.17, 15) is 9.59 Å². The lowest BCUT2D eigenvalue weighted by Crippen LogP contribution is -2.55. The van der Waals surface area contributed by atoms with E-state index in [0.29, 0.717) is 10.8 Å². The van der Waals surface area contributed by atoms with Crippen molar-refractivity contribution in [1.29, 1.82) is 0 Å². The molecule has 0 bridgehead atoms. The molecule has 0 aromatic heterocycles. The zero-order chi connectivity index (χ0) is 18.9. The summed E-state index contributed by atoms with van der Waals surface area (Å²) in [7, 11) is 0. The summed E-state index contributed by atoms with van der Waals surface area (Å²) in [4.78, 5) is 24.4. The van der Waals surface area contributed by atoms with E-state index in [1.54, 1.807) is 46.8 Å². The van der Waals surface area contributed by atoms with Crippen LogP contribution in [0.25, 0.3) is 0 Å². The van der Waals surface area contributed by atoms with Crippen LogP contribution in [-0.2, 0) is 14.3 Å². The second kappa shape index (κ2) is 7.22. The van der Waals surface area contributed by atoms with E-state index < -0.39 is 21.5 Å². The van der Waals surface area contributed by atoms with Crippen LogP contribution >= 0.6 is 39.1 Å². The molecule has 0 spiro atoms. The summed E-state index contributed by atoms with van der Waals surface area (Å²) in [6, 6.07) is 4.73. The zero-order valence-corrected chi connectivity index (χ0v) is 17.6. The first-order valence-electron chi connectivity index (χ1n) is 7.28. The summed E-state index contributed by atoms with van der Waals surface area (Å²) < 4.78 is 9.73. The molecule has 0 radical (unpaired) electrons. The van der Waals surface area contributed by atoms with Gasteiger partial charge in [-0.25, -0.2) is 0 Å². The maximum atomic E-state index is 13.1. The first-order chi connectivity index (χ1) is 10.7. The van der Waals surface area contributed by atoms with E-state index in [-0.39, 0.29) is 10.8 Å². The summed E-state index contributed by atoms with van der Waals surface area (Å²) >= 11 is 15.3. The lowest BCUT2D eigenvalue weighted by molar-refractivity contribution is -0.172. The number of hydrogen-bond acceptors (Lipinski definition) is 4. The monoisotopic (exact) mass is 438 g/mol. The van der Waals surface area contributed by atoms with Crippen LogP contribution in [0.1, 0.15) is 41.5 Å². The van der Waals surface area contributed by atoms with Gasteiger partial charge in [0, 0.05) is 11.9 Å². The molecule has 0 aliphatic rings. The Bertz CT molecular complexity index is 654. The third-order valence-electron chi connectivity index (χ3n) is 4.07. The van der Waals surface area contributed by atoms with Crippen molar-refractivity contribution in [2.75, 3.05) is 0 Å². The summed E-state index contributed by atoms with van der Waals surface area (Å²) in [5, 5.41) is 0.754. The molecule has 0 aliphatic heterocycles. The Morgan fingerprint density at radius 1 is 1.08 bits per heavy atom. The van der Waals surface area contributed by atoms with E-state index in [1.165, 1.54) is 13.0 Å². The van der Waals surface area contributed by atoms with Gasteiger partial charge in [-0.1, -0.05) is 23.2 Å². The highest BCUT2D eigenvalue weighted by molar-refractivity contribution is 9.10. The molecule has 0 aliphatic carbocycles. The van der Waals surface area contributed by atoms with Gasteiger partial charge in [0.15, 0.2) is 5.78 Å². The van der Waals surface area contributed by atoms with Crippen LogP contribution in [0.2, 0.25) is 10.0 Å². The van der Waals surface area contributed by atoms with Crippen LogP contribution in [0.5, 0.6) is 5.75 Å². The summed E-state index contributed by atoms with van der Waals surface area (Å²) in [6.45, 7) is 9.65. The fourth-order valence-corrected chi connectivity index (χ4v) is 3.25. The summed E-state index contributed by atoms with van der Waals surface area (Å²) in [5.74, 6) is -0.444. The van der Waals surface area contributed by atoms with Crippen molar-refractivity contribution in [2.45, 2.75) is 51.7 Å². The Morgan fingerprint density at radius 3 is 2.08 bits per heavy atom. The summed E-state index contributed by atoms with van der Waals surface area (Å²) in [5.41, 5.74) is -2.06. The topological polar surface area (TPSA) is 52.6 Å². The molecule has 0 heterocycles. The number of Topliss-reactive ketones (excluding diaryl/α,β-unsaturated/α-hetero) is 1. The zero-order valence-electron chi connectivity index (χ0n) is 14.5. The van der Waals surface area contributed by atoms with E-state index >= 15 is 0 Å². The van der Waals surface area contributed by atoms with Crippen molar-refractivity contribution in [1.82, 2.24) is 0 Å². The van der Waals surface area contributed by atoms with Gasteiger partial charge >= 0.3 is 5.97 Å². The third-order valence-corrected chi connectivity index (χ3v) is 5.13. The van der Waals surface area contributed by atoms with Gasteiger partial charge in [-0.2, -0.15) is 0 Å². The number of carbonyl (C=O) groups excluding carboxylic acids is 2. The minimum atomic E-state index is -1.37. The van der Waals surface area contributed by atoms with Gasteiger partial charge in [0.2, 0.25) is 4.51 Å². The van der Waals surface area contributed by atoms with E-state index in [0.717, 1.165) is 0 Å². The van der Waals surface area contributed by atoms with Gasteiger partial charge in [0.05, 0.1) is 10.4 Å². The molecule has 1 unspecified atom stereocenters. The standard InChI is InChI=1S/C17H21BrCl2O4/c1-10(21)23-16(4,5)15(2,3)14(22)17(6,18)24-13-8-7-11(19)9-12(13)20/h7-9H,1-6H3. The Morgan fingerprint density at radius 2 is 1.62 bits per heavy atom. The molecule has 0 fully saturated rings. The average Bonchev–Trinajstić information content (AvgIpc) is 2.39. The highest BCUT2D eigenvalue weighted by atomic mass is 79.9. The average molecular weight is 440 g/mol. The molecule has 1 atom stereocenters. The largest absolute Gasteiger partial charge is 0.467 e. The lowest BCUT2D eigenvalue weighted by atomic mass is 9.72. The fourth-order valence-electron chi connectivity index (χ4n) is 2.13. The molecular weight excluding hydrogens is 419 g/mol. The van der Waals surface area contributed by atoms with Gasteiger partial charge in [0.1, 0.15) is 11.4 Å². The Balaban J connectivity index is 3.12. The third kappa shape index (κ3) is 4.64. The van der Waals surface area contributed by atoms with E-state index in [1.807, 2.05) is 0 Å². The van der Waals surface area contributed by atoms with Crippen LogP contribution in [0, 0.1) is 5.41 Å². The molecule has 0 saturated carbocycles. The van der Waals surface area contributed by atoms with Crippen molar-refractivity contribution in [2.24, 2.45) is 5.41 Å². The van der Waals surface area contributed by atoms with Crippen LogP contribution < -0.4 is 4.74 Å². The number of benzene rings is 1. The van der Waals surface area contributed by atoms with Crippen molar-refractivity contribution in [3.05, 3.63) is 28.2 Å². The number of hydrogen-bond donors (Lipinski definition) is 0. The van der Waals surface area contributed by atoms with Crippen LogP contribution in [0.15, 0.2) is 18.2 Å². The van der Waals surface area contributed by atoms with Gasteiger partial charge in [-0.15, -0.1) is 0 Å². The molecule has 4 nitrogen and oxygen atoms in total. The van der Waals surface area contributed by atoms with Gasteiger partial charge in [-0.3, -0.25) is 9.59 Å². The predicted molar refractivity (Wildman–Crippen MR) is 99.1 cm³/mol. The highest BCUT2D eigenvalue weighted by Crippen LogP contribution is 2.42. The SMILES string of the molecule is CC(=O)OC(C)(C)C(C)(C)C(=O)C(C)(Br)Oc1ccc(Cl)cc1Cl. The number of ketones is 1. The van der Waals surface area contributed by atoms with E-state index in [2.05, 4.69) is 15.9 Å². The molecule has 0 amide bonds. The maximum absolute atomic E-state index is 13.1. The van der Waals surface area contributed by atoms with Crippen molar-refractivity contribution < 1.29 is 19.1 Å². The van der Waals surface area contributed by atoms with Gasteiger partial charge in [0.25, 0.3) is 0 Å². The number of rotatable bonds is 6. The van der Waals surface area contributed by atoms with Crippen molar-refractivity contribution in [3.8, 4) is 5.75 Å². The van der Waals surface area contributed by atoms with Gasteiger partial charge in [-0.05, 0) is 68.7 Å². The first kappa shape index (κ1) is 21.3. The lowest BCUT2D eigenvalue weighted by Gasteiger charge is -2.42. The highest BCUT2D eigenvalue weighted by Gasteiger charge is 2.52. The van der Waals surface area contributed by atoms with Crippen molar-refractivity contribution in [3.63, 3.8) is 0 Å². The quantitative estimate of drug-likeness (QED) is 0.438. The predicted octanol–water partition coefficient (Wildman–Crippen LogP) is 5.42. The molecule has 1 aromatic rings. The Hall–Kier alpha value is -0.780. The molecule has 134 valence electrons. The van der Waals surface area contributed by atoms with Gasteiger partial charge < -0.3 is 9.47 Å². The number of halogens is 3. The molecule has 7 heteroatoms. The molecule has 24 heavy (non-hydrogen) atoms. The number of carbonyl (C=O) groups is 2. The normalized spacial score (nSPS) is 14.7. The van der Waals surface area contributed by atoms with Crippen molar-refractivity contribution >= 4 is 50.9 Å². The number of ether oxygens (including phenoxy) is 2. The second-order valence-electron chi connectivity index (χ2n) is 6.65. The van der Waals surface area contributed by atoms with Crippen LogP contribution in [-0.4, -0.2) is 21.9 Å². The molecule has 0 N–H and O–H groups in total. The number of esters is 1. The number of alkyl halides is 1. The molecule has 1 aromatic carbocycles. The minimum Gasteiger partial charge on any atom is -0.467 e.